The maximum Gasteiger partial charge on any atom is 0.191 e. The standard InChI is InChI=1S/C13H27N3.HI/c1-4-6-7-11(5-2)10-15-13(14)16(3)12-8-9-12;/h11-12H,4-10H2,1-3H3,(H2,14,15);1H. The second-order valence-corrected chi connectivity index (χ2v) is 4.96. The van der Waals surface area contributed by atoms with Crippen LogP contribution in [-0.2, 0) is 0 Å². The van der Waals surface area contributed by atoms with Gasteiger partial charge in [0.2, 0.25) is 0 Å². The van der Waals surface area contributed by atoms with Crippen molar-refractivity contribution >= 4 is 29.9 Å². The molecule has 1 fully saturated rings. The summed E-state index contributed by atoms with van der Waals surface area (Å²) in [6.07, 6.45) is 7.64. The molecule has 1 rings (SSSR count). The molecule has 1 aliphatic carbocycles. The number of guanidine groups is 1. The second-order valence-electron chi connectivity index (χ2n) is 4.96. The molecule has 1 aliphatic rings. The minimum atomic E-state index is 0. The van der Waals surface area contributed by atoms with Crippen molar-refractivity contribution in [2.24, 2.45) is 16.6 Å². The number of nitrogens with zero attached hydrogens (tertiary/aromatic N) is 2. The van der Waals surface area contributed by atoms with E-state index < -0.39 is 0 Å². The van der Waals surface area contributed by atoms with Crippen LogP contribution >= 0.6 is 24.0 Å². The van der Waals surface area contributed by atoms with Crippen LogP contribution in [0.5, 0.6) is 0 Å². The quantitative estimate of drug-likeness (QED) is 0.434. The molecule has 0 radical (unpaired) electrons. The van der Waals surface area contributed by atoms with E-state index in [0.29, 0.717) is 12.0 Å². The third-order valence-corrected chi connectivity index (χ3v) is 3.51. The molecule has 17 heavy (non-hydrogen) atoms. The first-order valence-corrected chi connectivity index (χ1v) is 6.71. The summed E-state index contributed by atoms with van der Waals surface area (Å²) in [7, 11) is 2.06. The van der Waals surface area contributed by atoms with Crippen LogP contribution in [0.3, 0.4) is 0 Å². The van der Waals surface area contributed by atoms with Crippen molar-refractivity contribution in [2.75, 3.05) is 13.6 Å². The minimum absolute atomic E-state index is 0. The molecule has 0 amide bonds. The first-order chi connectivity index (χ1) is 7.69. The van der Waals surface area contributed by atoms with Gasteiger partial charge in [0, 0.05) is 19.6 Å². The summed E-state index contributed by atoms with van der Waals surface area (Å²) >= 11 is 0. The molecule has 0 heterocycles. The lowest BCUT2D eigenvalue weighted by molar-refractivity contribution is 0.449. The van der Waals surface area contributed by atoms with Gasteiger partial charge >= 0.3 is 0 Å². The van der Waals surface area contributed by atoms with Crippen molar-refractivity contribution in [2.45, 2.75) is 58.4 Å². The molecule has 1 atom stereocenters. The van der Waals surface area contributed by atoms with Gasteiger partial charge in [-0.1, -0.05) is 33.1 Å². The van der Waals surface area contributed by atoms with E-state index in [-0.39, 0.29) is 24.0 Å². The molecule has 0 aromatic carbocycles. The molecule has 4 heteroatoms. The smallest absolute Gasteiger partial charge is 0.191 e. The number of hydrogen-bond donors (Lipinski definition) is 1. The molecule has 102 valence electrons. The topological polar surface area (TPSA) is 41.6 Å². The van der Waals surface area contributed by atoms with E-state index in [9.17, 15) is 0 Å². The van der Waals surface area contributed by atoms with Crippen molar-refractivity contribution < 1.29 is 0 Å². The maximum absolute atomic E-state index is 5.97. The van der Waals surface area contributed by atoms with Gasteiger partial charge in [-0.3, -0.25) is 4.99 Å². The Morgan fingerprint density at radius 1 is 1.41 bits per heavy atom. The first kappa shape index (κ1) is 17.0. The Bertz CT molecular complexity index is 227. The summed E-state index contributed by atoms with van der Waals surface area (Å²) in [6, 6.07) is 0.666. The third-order valence-electron chi connectivity index (χ3n) is 3.51. The van der Waals surface area contributed by atoms with Gasteiger partial charge in [-0.05, 0) is 25.2 Å². The zero-order valence-corrected chi connectivity index (χ0v) is 13.8. The molecule has 0 spiro atoms. The van der Waals surface area contributed by atoms with Crippen LogP contribution in [0.2, 0.25) is 0 Å². The zero-order chi connectivity index (χ0) is 12.0. The van der Waals surface area contributed by atoms with Gasteiger partial charge in [0.05, 0.1) is 0 Å². The number of unbranched alkanes of at least 4 members (excludes halogenated alkanes) is 1. The molecule has 0 aromatic rings. The average molecular weight is 353 g/mol. The van der Waals surface area contributed by atoms with Crippen LogP contribution < -0.4 is 5.73 Å². The van der Waals surface area contributed by atoms with Crippen molar-refractivity contribution in [3.8, 4) is 0 Å². The highest BCUT2D eigenvalue weighted by Crippen LogP contribution is 2.25. The average Bonchev–Trinajstić information content (AvgIpc) is 3.12. The summed E-state index contributed by atoms with van der Waals surface area (Å²) in [5.41, 5.74) is 5.97. The molecule has 1 unspecified atom stereocenters. The highest BCUT2D eigenvalue weighted by atomic mass is 127. The molecule has 0 bridgehead atoms. The van der Waals surface area contributed by atoms with Crippen LogP contribution in [0, 0.1) is 5.92 Å². The first-order valence-electron chi connectivity index (χ1n) is 6.71. The van der Waals surface area contributed by atoms with E-state index in [4.69, 9.17) is 5.73 Å². The maximum atomic E-state index is 5.97. The van der Waals surface area contributed by atoms with Gasteiger partial charge in [0.1, 0.15) is 0 Å². The Labute approximate surface area is 123 Å². The fourth-order valence-corrected chi connectivity index (χ4v) is 1.90. The Balaban J connectivity index is 0.00000256. The SMILES string of the molecule is CCCCC(CC)CN=C(N)N(C)C1CC1.I. The van der Waals surface area contributed by atoms with Gasteiger partial charge in [-0.25, -0.2) is 0 Å². The van der Waals surface area contributed by atoms with Crippen LogP contribution in [0.1, 0.15) is 52.4 Å². The summed E-state index contributed by atoms with van der Waals surface area (Å²) in [5, 5.41) is 0. The number of aliphatic imine (C=N–C) groups is 1. The second kappa shape index (κ2) is 9.00. The van der Waals surface area contributed by atoms with Crippen molar-refractivity contribution in [1.82, 2.24) is 4.90 Å². The highest BCUT2D eigenvalue weighted by Gasteiger charge is 2.27. The zero-order valence-electron chi connectivity index (χ0n) is 11.5. The van der Waals surface area contributed by atoms with Gasteiger partial charge in [-0.15, -0.1) is 24.0 Å². The highest BCUT2D eigenvalue weighted by molar-refractivity contribution is 14.0. The van der Waals surface area contributed by atoms with Crippen LogP contribution in [0.25, 0.3) is 0 Å². The summed E-state index contributed by atoms with van der Waals surface area (Å²) < 4.78 is 0. The largest absolute Gasteiger partial charge is 0.370 e. The number of hydrogen-bond acceptors (Lipinski definition) is 1. The molecular weight excluding hydrogens is 325 g/mol. The van der Waals surface area contributed by atoms with Gasteiger partial charge in [0.25, 0.3) is 0 Å². The minimum Gasteiger partial charge on any atom is -0.370 e. The predicted molar refractivity (Wildman–Crippen MR) is 86.0 cm³/mol. The Hall–Kier alpha value is 0. The normalized spacial score (nSPS) is 17.5. The molecule has 0 saturated heterocycles. The Morgan fingerprint density at radius 2 is 2.06 bits per heavy atom. The third kappa shape index (κ3) is 6.48. The molecule has 3 nitrogen and oxygen atoms in total. The monoisotopic (exact) mass is 353 g/mol. The Kier molecular flexibility index (Phi) is 9.00. The van der Waals surface area contributed by atoms with E-state index in [1.165, 1.54) is 38.5 Å². The predicted octanol–water partition coefficient (Wildman–Crippen LogP) is 3.23. The fourth-order valence-electron chi connectivity index (χ4n) is 1.90. The number of nitrogens with two attached hydrogens (primary N) is 1. The van der Waals surface area contributed by atoms with Crippen LogP contribution in [-0.4, -0.2) is 30.5 Å². The van der Waals surface area contributed by atoms with Crippen molar-refractivity contribution in [3.05, 3.63) is 0 Å². The number of halogens is 1. The molecule has 0 aromatic heterocycles. The van der Waals surface area contributed by atoms with Crippen LogP contribution in [0.15, 0.2) is 4.99 Å². The van der Waals surface area contributed by atoms with Crippen molar-refractivity contribution in [3.63, 3.8) is 0 Å². The molecule has 2 N–H and O–H groups in total. The lowest BCUT2D eigenvalue weighted by Gasteiger charge is -2.18. The molecule has 0 aliphatic heterocycles. The fraction of sp³-hybridized carbons (Fsp3) is 0.923. The van der Waals surface area contributed by atoms with E-state index in [1.807, 2.05) is 0 Å². The van der Waals surface area contributed by atoms with Gasteiger partial charge < -0.3 is 10.6 Å². The van der Waals surface area contributed by atoms with Crippen molar-refractivity contribution in [1.29, 1.82) is 0 Å². The van der Waals surface area contributed by atoms with E-state index in [2.05, 4.69) is 30.8 Å². The Morgan fingerprint density at radius 3 is 2.53 bits per heavy atom. The van der Waals surface area contributed by atoms with E-state index >= 15 is 0 Å². The summed E-state index contributed by atoms with van der Waals surface area (Å²) in [4.78, 5) is 6.66. The van der Waals surface area contributed by atoms with Gasteiger partial charge in [0.15, 0.2) is 5.96 Å². The van der Waals surface area contributed by atoms with Gasteiger partial charge in [-0.2, -0.15) is 0 Å². The van der Waals surface area contributed by atoms with E-state index in [1.54, 1.807) is 0 Å². The summed E-state index contributed by atoms with van der Waals surface area (Å²) in [5.74, 6) is 1.45. The van der Waals surface area contributed by atoms with E-state index in [0.717, 1.165) is 12.5 Å². The lowest BCUT2D eigenvalue weighted by Crippen LogP contribution is -2.36. The van der Waals surface area contributed by atoms with Crippen LogP contribution in [0.4, 0.5) is 0 Å². The summed E-state index contributed by atoms with van der Waals surface area (Å²) in [6.45, 7) is 5.39. The number of rotatable bonds is 7. The molecule has 1 saturated carbocycles. The lowest BCUT2D eigenvalue weighted by atomic mass is 10.00. The molecular formula is C13H28IN3.